The van der Waals surface area contributed by atoms with Gasteiger partial charge in [0, 0.05) is 24.5 Å². The summed E-state index contributed by atoms with van der Waals surface area (Å²) in [6, 6.07) is 13.6. The average Bonchev–Trinajstić information content (AvgIpc) is 2.70. The van der Waals surface area contributed by atoms with Crippen LogP contribution in [0.5, 0.6) is 0 Å². The molecule has 0 fully saturated rings. The summed E-state index contributed by atoms with van der Waals surface area (Å²) in [4.78, 5) is 4.22. The lowest BCUT2D eigenvalue weighted by Gasteiger charge is -2.31. The Labute approximate surface area is 121 Å². The lowest BCUT2D eigenvalue weighted by molar-refractivity contribution is 0.252. The van der Waals surface area contributed by atoms with Crippen LogP contribution in [0.4, 0.5) is 0 Å². The molecular weight excluding hydrogens is 244 g/mol. The topological polar surface area (TPSA) is 24.9 Å². The molecule has 2 nitrogen and oxygen atoms in total. The Morgan fingerprint density at radius 3 is 2.75 bits per heavy atom. The summed E-state index contributed by atoms with van der Waals surface area (Å²) in [7, 11) is 0. The first-order chi connectivity index (χ1) is 9.58. The van der Waals surface area contributed by atoms with Gasteiger partial charge in [0.05, 0.1) is 0 Å². The van der Waals surface area contributed by atoms with E-state index < -0.39 is 0 Å². The summed E-state index contributed by atoms with van der Waals surface area (Å²) in [5.74, 6) is 0. The average molecular weight is 266 g/mol. The third-order valence-corrected chi connectivity index (χ3v) is 4.39. The van der Waals surface area contributed by atoms with Gasteiger partial charge >= 0.3 is 0 Å². The molecule has 0 amide bonds. The first-order valence-electron chi connectivity index (χ1n) is 7.32. The highest BCUT2D eigenvalue weighted by atomic mass is 15.0. The molecule has 1 N–H and O–H groups in total. The Hall–Kier alpha value is -1.67. The fourth-order valence-corrected chi connectivity index (χ4v) is 3.28. The van der Waals surface area contributed by atoms with Gasteiger partial charge in [-0.1, -0.05) is 44.2 Å². The Morgan fingerprint density at radius 1 is 1.20 bits per heavy atom. The van der Waals surface area contributed by atoms with E-state index in [1.165, 1.54) is 16.7 Å². The Bertz CT molecular complexity index is 589. The lowest BCUT2D eigenvalue weighted by atomic mass is 9.84. The fraction of sp³-hybridized carbons (Fsp3) is 0.389. The van der Waals surface area contributed by atoms with Crippen molar-refractivity contribution in [1.82, 2.24) is 10.3 Å². The summed E-state index contributed by atoms with van der Waals surface area (Å²) < 4.78 is 0. The van der Waals surface area contributed by atoms with E-state index in [1.807, 2.05) is 18.5 Å². The van der Waals surface area contributed by atoms with Crippen molar-refractivity contribution in [2.75, 3.05) is 0 Å². The molecule has 2 atom stereocenters. The number of fused-ring (bicyclic) bond motifs is 1. The predicted molar refractivity (Wildman–Crippen MR) is 82.5 cm³/mol. The van der Waals surface area contributed by atoms with E-state index in [4.69, 9.17) is 0 Å². The summed E-state index contributed by atoms with van der Waals surface area (Å²) in [5.41, 5.74) is 4.43. The minimum absolute atomic E-state index is 0.250. The molecule has 1 heterocycles. The van der Waals surface area contributed by atoms with Gasteiger partial charge in [0.1, 0.15) is 0 Å². The molecule has 104 valence electrons. The van der Waals surface area contributed by atoms with E-state index >= 15 is 0 Å². The summed E-state index contributed by atoms with van der Waals surface area (Å²) in [6.45, 7) is 6.91. The van der Waals surface area contributed by atoms with E-state index in [2.05, 4.69) is 61.4 Å². The van der Waals surface area contributed by atoms with E-state index in [9.17, 15) is 0 Å². The minimum atomic E-state index is 0.250. The van der Waals surface area contributed by atoms with Crippen LogP contribution in [0.1, 0.15) is 49.5 Å². The summed E-state index contributed by atoms with van der Waals surface area (Å²) >= 11 is 0. The molecule has 1 unspecified atom stereocenters. The van der Waals surface area contributed by atoms with E-state index in [-0.39, 0.29) is 5.41 Å². The maximum atomic E-state index is 4.22. The first-order valence-corrected chi connectivity index (χ1v) is 7.32. The zero-order valence-electron chi connectivity index (χ0n) is 12.4. The van der Waals surface area contributed by atoms with Crippen LogP contribution in [0.15, 0.2) is 48.8 Å². The van der Waals surface area contributed by atoms with Crippen LogP contribution in [0.3, 0.4) is 0 Å². The van der Waals surface area contributed by atoms with Gasteiger partial charge in [-0.25, -0.2) is 0 Å². The second-order valence-electron chi connectivity index (χ2n) is 6.47. The van der Waals surface area contributed by atoms with E-state index in [1.54, 1.807) is 0 Å². The SMILES string of the molecule is C[C@@H](NC1c2ccccc2CC1(C)C)c1cccnc1. The maximum absolute atomic E-state index is 4.22. The molecule has 1 aliphatic rings. The van der Waals surface area contributed by atoms with Gasteiger partial charge in [-0.3, -0.25) is 4.98 Å². The van der Waals surface area contributed by atoms with Crippen molar-refractivity contribution in [2.24, 2.45) is 5.41 Å². The predicted octanol–water partition coefficient (Wildman–Crippen LogP) is 4.06. The highest BCUT2D eigenvalue weighted by molar-refractivity contribution is 5.37. The van der Waals surface area contributed by atoms with Crippen molar-refractivity contribution in [2.45, 2.75) is 39.3 Å². The van der Waals surface area contributed by atoms with Gasteiger partial charge < -0.3 is 5.32 Å². The summed E-state index contributed by atoms with van der Waals surface area (Å²) in [5, 5.41) is 3.80. The van der Waals surface area contributed by atoms with Gasteiger partial charge in [0.15, 0.2) is 0 Å². The maximum Gasteiger partial charge on any atom is 0.0382 e. The Kier molecular flexibility index (Phi) is 3.35. The molecular formula is C18H22N2. The van der Waals surface area contributed by atoms with Crippen LogP contribution in [0.25, 0.3) is 0 Å². The molecule has 1 aromatic carbocycles. The number of hydrogen-bond donors (Lipinski definition) is 1. The fourth-order valence-electron chi connectivity index (χ4n) is 3.28. The molecule has 0 bridgehead atoms. The molecule has 2 aromatic rings. The summed E-state index contributed by atoms with van der Waals surface area (Å²) in [6.07, 6.45) is 4.91. The minimum Gasteiger partial charge on any atom is -0.303 e. The quantitative estimate of drug-likeness (QED) is 0.906. The van der Waals surface area contributed by atoms with Gasteiger partial charge in [0.25, 0.3) is 0 Å². The smallest absolute Gasteiger partial charge is 0.0382 e. The first kappa shape index (κ1) is 13.3. The molecule has 3 rings (SSSR count). The molecule has 2 heteroatoms. The molecule has 0 saturated heterocycles. The van der Waals surface area contributed by atoms with E-state index in [0.717, 1.165) is 6.42 Å². The van der Waals surface area contributed by atoms with Crippen LogP contribution in [0.2, 0.25) is 0 Å². The van der Waals surface area contributed by atoms with Crippen molar-refractivity contribution in [3.63, 3.8) is 0 Å². The van der Waals surface area contributed by atoms with E-state index in [0.29, 0.717) is 12.1 Å². The number of nitrogens with zero attached hydrogens (tertiary/aromatic N) is 1. The molecule has 0 spiro atoms. The zero-order valence-corrected chi connectivity index (χ0v) is 12.4. The number of rotatable bonds is 3. The van der Waals surface area contributed by atoms with Gasteiger partial charge in [0.2, 0.25) is 0 Å². The molecule has 0 aliphatic heterocycles. The van der Waals surface area contributed by atoms with Crippen LogP contribution in [-0.4, -0.2) is 4.98 Å². The Balaban J connectivity index is 1.86. The number of pyridine rings is 1. The van der Waals surface area contributed by atoms with Crippen LogP contribution < -0.4 is 5.32 Å². The van der Waals surface area contributed by atoms with Crippen molar-refractivity contribution >= 4 is 0 Å². The van der Waals surface area contributed by atoms with Crippen molar-refractivity contribution in [1.29, 1.82) is 0 Å². The largest absolute Gasteiger partial charge is 0.303 e. The van der Waals surface area contributed by atoms with Crippen molar-refractivity contribution in [3.05, 3.63) is 65.5 Å². The Morgan fingerprint density at radius 2 is 2.00 bits per heavy atom. The second-order valence-corrected chi connectivity index (χ2v) is 6.47. The second kappa shape index (κ2) is 5.02. The highest BCUT2D eigenvalue weighted by Crippen LogP contribution is 2.45. The number of nitrogens with one attached hydrogen (secondary N) is 1. The molecule has 20 heavy (non-hydrogen) atoms. The highest BCUT2D eigenvalue weighted by Gasteiger charge is 2.39. The standard InChI is InChI=1S/C18H22N2/c1-13(15-8-6-10-19-12-15)20-17-16-9-5-4-7-14(16)11-18(17,2)3/h4-10,12-13,17,20H,11H2,1-3H3/t13-,17?/m1/s1. The number of benzene rings is 1. The monoisotopic (exact) mass is 266 g/mol. The van der Waals surface area contributed by atoms with Crippen molar-refractivity contribution < 1.29 is 0 Å². The molecule has 1 aliphatic carbocycles. The van der Waals surface area contributed by atoms with Crippen LogP contribution >= 0.6 is 0 Å². The lowest BCUT2D eigenvalue weighted by Crippen LogP contribution is -2.33. The zero-order chi connectivity index (χ0) is 14.2. The normalized spacial score (nSPS) is 21.4. The number of hydrogen-bond acceptors (Lipinski definition) is 2. The third kappa shape index (κ3) is 2.36. The molecule has 0 radical (unpaired) electrons. The van der Waals surface area contributed by atoms with Gasteiger partial charge in [-0.05, 0) is 41.5 Å². The third-order valence-electron chi connectivity index (χ3n) is 4.39. The molecule has 0 saturated carbocycles. The van der Waals surface area contributed by atoms with Gasteiger partial charge in [-0.15, -0.1) is 0 Å². The number of aromatic nitrogens is 1. The van der Waals surface area contributed by atoms with Gasteiger partial charge in [-0.2, -0.15) is 0 Å². The molecule has 1 aromatic heterocycles. The van der Waals surface area contributed by atoms with Crippen molar-refractivity contribution in [3.8, 4) is 0 Å². The van der Waals surface area contributed by atoms with Crippen LogP contribution in [0, 0.1) is 5.41 Å². The van der Waals surface area contributed by atoms with Crippen LogP contribution in [-0.2, 0) is 6.42 Å².